The Labute approximate surface area is 176 Å². The second-order valence-electron chi connectivity index (χ2n) is 7.89. The molecule has 1 aliphatic carbocycles. The minimum absolute atomic E-state index is 0.0480. The predicted molar refractivity (Wildman–Crippen MR) is 117 cm³/mol. The van der Waals surface area contributed by atoms with Crippen LogP contribution in [0.15, 0.2) is 67.3 Å². The second-order valence-corrected chi connectivity index (χ2v) is 8.28. The summed E-state index contributed by atoms with van der Waals surface area (Å²) in [6.45, 7) is 0.798. The van der Waals surface area contributed by atoms with E-state index in [1.165, 1.54) is 36.9 Å². The summed E-state index contributed by atoms with van der Waals surface area (Å²) in [5, 5.41) is 4.45. The van der Waals surface area contributed by atoms with Crippen LogP contribution < -0.4 is 5.32 Å². The predicted octanol–water partition coefficient (Wildman–Crippen LogP) is 4.24. The molecule has 1 saturated carbocycles. The molecule has 0 amide bonds. The van der Waals surface area contributed by atoms with Gasteiger partial charge in [-0.15, -0.1) is 0 Å². The molecule has 0 spiro atoms. The topological polar surface area (TPSA) is 46.0 Å². The van der Waals surface area contributed by atoms with E-state index in [-0.39, 0.29) is 12.1 Å². The van der Waals surface area contributed by atoms with E-state index in [0.29, 0.717) is 6.04 Å². The highest BCUT2D eigenvalue weighted by Crippen LogP contribution is 2.42. The fourth-order valence-corrected chi connectivity index (χ4v) is 5.18. The summed E-state index contributed by atoms with van der Waals surface area (Å²) in [6, 6.07) is 15.3. The lowest BCUT2D eigenvalue weighted by atomic mass is 9.99. The molecular weight excluding hydrogens is 378 g/mol. The highest BCUT2D eigenvalue weighted by Gasteiger charge is 2.44. The zero-order chi connectivity index (χ0) is 19.6. The van der Waals surface area contributed by atoms with Crippen molar-refractivity contribution in [3.05, 3.63) is 84.2 Å². The summed E-state index contributed by atoms with van der Waals surface area (Å²) in [5.41, 5.74) is 3.50. The van der Waals surface area contributed by atoms with Gasteiger partial charge >= 0.3 is 0 Å². The first kappa shape index (κ1) is 18.3. The quantitative estimate of drug-likeness (QED) is 0.646. The van der Waals surface area contributed by atoms with Gasteiger partial charge in [-0.1, -0.05) is 25.0 Å². The van der Waals surface area contributed by atoms with Crippen LogP contribution in [0.25, 0.3) is 0 Å². The van der Waals surface area contributed by atoms with Gasteiger partial charge in [-0.25, -0.2) is 0 Å². The van der Waals surface area contributed by atoms with Crippen LogP contribution >= 0.6 is 12.2 Å². The van der Waals surface area contributed by atoms with Gasteiger partial charge < -0.3 is 14.8 Å². The highest BCUT2D eigenvalue weighted by molar-refractivity contribution is 7.80. The van der Waals surface area contributed by atoms with E-state index in [1.807, 2.05) is 30.7 Å². The Balaban J connectivity index is 1.55. The molecule has 5 nitrogen and oxygen atoms in total. The molecule has 2 atom stereocenters. The standard InChI is InChI=1S/C23H25N5S/c29-23-26-21(19-10-3-4-13-25-19)22(28(23)18-8-1-2-9-18)20-11-6-14-27(20)16-17-7-5-12-24-15-17/h3-7,10-15,18,21-22H,1-2,8-9,16H2,(H,26,29). The van der Waals surface area contributed by atoms with Gasteiger partial charge in [-0.3, -0.25) is 9.97 Å². The van der Waals surface area contributed by atoms with Crippen LogP contribution in [0.5, 0.6) is 0 Å². The Kier molecular flexibility index (Phi) is 5.02. The molecule has 29 heavy (non-hydrogen) atoms. The molecule has 0 aromatic carbocycles. The fraction of sp³-hybridized carbons (Fsp3) is 0.348. The summed E-state index contributed by atoms with van der Waals surface area (Å²) in [5.74, 6) is 0. The van der Waals surface area contributed by atoms with Gasteiger partial charge in [0.2, 0.25) is 0 Å². The number of nitrogens with zero attached hydrogens (tertiary/aromatic N) is 4. The molecule has 1 N–H and O–H groups in total. The first-order valence-corrected chi connectivity index (χ1v) is 10.8. The number of hydrogen-bond donors (Lipinski definition) is 1. The van der Waals surface area contributed by atoms with Crippen LogP contribution in [0.2, 0.25) is 0 Å². The van der Waals surface area contributed by atoms with E-state index in [1.54, 1.807) is 0 Å². The number of hydrogen-bond acceptors (Lipinski definition) is 3. The first-order chi connectivity index (χ1) is 14.3. The smallest absolute Gasteiger partial charge is 0.170 e. The van der Waals surface area contributed by atoms with Crippen molar-refractivity contribution < 1.29 is 0 Å². The van der Waals surface area contributed by atoms with E-state index < -0.39 is 0 Å². The van der Waals surface area contributed by atoms with Crippen LogP contribution in [0.3, 0.4) is 0 Å². The summed E-state index contributed by atoms with van der Waals surface area (Å²) in [7, 11) is 0. The zero-order valence-electron chi connectivity index (χ0n) is 16.3. The van der Waals surface area contributed by atoms with Crippen molar-refractivity contribution >= 4 is 17.3 Å². The van der Waals surface area contributed by atoms with E-state index in [2.05, 4.69) is 61.3 Å². The number of rotatable bonds is 5. The number of aromatic nitrogens is 3. The molecule has 5 rings (SSSR count). The molecule has 0 radical (unpaired) electrons. The average molecular weight is 404 g/mol. The first-order valence-electron chi connectivity index (χ1n) is 10.3. The van der Waals surface area contributed by atoms with Crippen LogP contribution in [0.4, 0.5) is 0 Å². The Morgan fingerprint density at radius 2 is 1.93 bits per heavy atom. The largest absolute Gasteiger partial charge is 0.352 e. The normalized spacial score (nSPS) is 22.2. The van der Waals surface area contributed by atoms with E-state index in [9.17, 15) is 0 Å². The van der Waals surface area contributed by atoms with Gasteiger partial charge in [0.1, 0.15) is 0 Å². The number of pyridine rings is 2. The average Bonchev–Trinajstić information content (AvgIpc) is 3.49. The number of thiocarbonyl (C=S) groups is 1. The summed E-state index contributed by atoms with van der Waals surface area (Å²) < 4.78 is 2.33. The Morgan fingerprint density at radius 1 is 1.03 bits per heavy atom. The summed E-state index contributed by atoms with van der Waals surface area (Å²) in [6.07, 6.45) is 12.7. The van der Waals surface area contributed by atoms with Gasteiger partial charge in [0.15, 0.2) is 5.11 Å². The summed E-state index contributed by atoms with van der Waals surface area (Å²) >= 11 is 5.85. The molecule has 0 bridgehead atoms. The Bertz CT molecular complexity index is 965. The van der Waals surface area contributed by atoms with Crippen LogP contribution in [-0.2, 0) is 6.54 Å². The van der Waals surface area contributed by atoms with E-state index in [4.69, 9.17) is 12.2 Å². The molecule has 2 fully saturated rings. The molecule has 3 aromatic rings. The molecule has 1 aliphatic heterocycles. The fourth-order valence-electron chi connectivity index (χ4n) is 4.79. The van der Waals surface area contributed by atoms with Crippen LogP contribution in [0, 0.1) is 0 Å². The Hall–Kier alpha value is -2.73. The van der Waals surface area contributed by atoms with Crippen molar-refractivity contribution in [3.63, 3.8) is 0 Å². The maximum absolute atomic E-state index is 5.85. The van der Waals surface area contributed by atoms with Gasteiger partial charge in [-0.05, 0) is 61.0 Å². The van der Waals surface area contributed by atoms with Crippen molar-refractivity contribution in [1.29, 1.82) is 0 Å². The van der Waals surface area contributed by atoms with Gasteiger partial charge in [-0.2, -0.15) is 0 Å². The lowest BCUT2D eigenvalue weighted by molar-refractivity contribution is 0.237. The van der Waals surface area contributed by atoms with Gasteiger partial charge in [0.05, 0.1) is 17.8 Å². The monoisotopic (exact) mass is 403 g/mol. The SMILES string of the molecule is S=C1NC(c2ccccn2)C(c2cccn2Cc2cccnc2)N1C1CCCC1. The molecule has 6 heteroatoms. The molecule has 2 aliphatic rings. The lowest BCUT2D eigenvalue weighted by Crippen LogP contribution is -2.38. The van der Waals surface area contributed by atoms with Crippen molar-refractivity contribution in [3.8, 4) is 0 Å². The van der Waals surface area contributed by atoms with Crippen LogP contribution in [0.1, 0.15) is 54.7 Å². The van der Waals surface area contributed by atoms with Crippen molar-refractivity contribution in [2.45, 2.75) is 50.4 Å². The lowest BCUT2D eigenvalue weighted by Gasteiger charge is -2.33. The molecule has 148 valence electrons. The molecule has 3 aromatic heterocycles. The third-order valence-electron chi connectivity index (χ3n) is 6.10. The van der Waals surface area contributed by atoms with Crippen molar-refractivity contribution in [2.24, 2.45) is 0 Å². The molecular formula is C23H25N5S. The Morgan fingerprint density at radius 3 is 2.69 bits per heavy atom. The minimum atomic E-state index is 0.0480. The maximum atomic E-state index is 5.85. The van der Waals surface area contributed by atoms with Gasteiger partial charge in [0.25, 0.3) is 0 Å². The van der Waals surface area contributed by atoms with E-state index >= 15 is 0 Å². The maximum Gasteiger partial charge on any atom is 0.170 e. The van der Waals surface area contributed by atoms with Crippen molar-refractivity contribution in [2.75, 3.05) is 0 Å². The highest BCUT2D eigenvalue weighted by atomic mass is 32.1. The molecule has 1 saturated heterocycles. The zero-order valence-corrected chi connectivity index (χ0v) is 17.1. The minimum Gasteiger partial charge on any atom is -0.352 e. The summed E-state index contributed by atoms with van der Waals surface area (Å²) in [4.78, 5) is 11.4. The third-order valence-corrected chi connectivity index (χ3v) is 6.43. The molecule has 4 heterocycles. The van der Waals surface area contributed by atoms with E-state index in [0.717, 1.165) is 17.4 Å². The third kappa shape index (κ3) is 3.53. The van der Waals surface area contributed by atoms with Gasteiger partial charge in [0, 0.05) is 43.1 Å². The number of nitrogens with one attached hydrogen (secondary N) is 1. The van der Waals surface area contributed by atoms with Crippen LogP contribution in [-0.4, -0.2) is 30.6 Å². The molecule has 2 unspecified atom stereocenters. The van der Waals surface area contributed by atoms with Crippen molar-refractivity contribution in [1.82, 2.24) is 24.8 Å². The second kappa shape index (κ2) is 7.95.